The number of ether oxygens (including phenoxy) is 2. The van der Waals surface area contributed by atoms with Crippen LogP contribution in [0.1, 0.15) is 12.0 Å². The molecule has 2 amide bonds. The third-order valence-electron chi connectivity index (χ3n) is 4.89. The van der Waals surface area contributed by atoms with E-state index in [1.807, 2.05) is 18.2 Å². The second kappa shape index (κ2) is 8.52. The Kier molecular flexibility index (Phi) is 6.09. The van der Waals surface area contributed by atoms with E-state index in [-0.39, 0.29) is 18.2 Å². The predicted octanol–water partition coefficient (Wildman–Crippen LogP) is 3.37. The van der Waals surface area contributed by atoms with Gasteiger partial charge < -0.3 is 19.3 Å². The molecule has 0 bridgehead atoms. The number of carbonyl (C=O) groups is 2. The van der Waals surface area contributed by atoms with Gasteiger partial charge in [0, 0.05) is 37.6 Å². The van der Waals surface area contributed by atoms with Crippen LogP contribution in [-0.4, -0.2) is 44.5 Å². The van der Waals surface area contributed by atoms with Gasteiger partial charge in [0.15, 0.2) is 0 Å². The van der Waals surface area contributed by atoms with E-state index in [1.165, 1.54) is 0 Å². The second-order valence-electron chi connectivity index (χ2n) is 6.73. The minimum atomic E-state index is -0.420. The summed E-state index contributed by atoms with van der Waals surface area (Å²) >= 11 is 6.19. The highest BCUT2D eigenvalue weighted by molar-refractivity contribution is 6.31. The van der Waals surface area contributed by atoms with Gasteiger partial charge in [-0.05, 0) is 23.8 Å². The Bertz CT molecular complexity index is 886. The van der Waals surface area contributed by atoms with Gasteiger partial charge in [0.1, 0.15) is 11.5 Å². The van der Waals surface area contributed by atoms with Gasteiger partial charge in [0.05, 0.1) is 25.8 Å². The van der Waals surface area contributed by atoms with Crippen LogP contribution in [0.3, 0.4) is 0 Å². The van der Waals surface area contributed by atoms with Gasteiger partial charge in [0.25, 0.3) is 0 Å². The zero-order valence-electron chi connectivity index (χ0n) is 16.1. The highest BCUT2D eigenvalue weighted by Crippen LogP contribution is 2.36. The van der Waals surface area contributed by atoms with Gasteiger partial charge >= 0.3 is 0 Å². The van der Waals surface area contributed by atoms with Crippen LogP contribution in [0.2, 0.25) is 5.02 Å². The molecule has 1 fully saturated rings. The van der Waals surface area contributed by atoms with E-state index in [2.05, 4.69) is 0 Å². The highest BCUT2D eigenvalue weighted by atomic mass is 35.5. The first-order valence-electron chi connectivity index (χ1n) is 8.95. The Morgan fingerprint density at radius 2 is 1.96 bits per heavy atom. The topological polar surface area (TPSA) is 59.1 Å². The van der Waals surface area contributed by atoms with Gasteiger partial charge in [-0.15, -0.1) is 0 Å². The highest BCUT2D eigenvalue weighted by Gasteiger charge is 2.37. The summed E-state index contributed by atoms with van der Waals surface area (Å²) in [4.78, 5) is 28.7. The number of carbonyl (C=O) groups excluding carboxylic acids is 2. The van der Waals surface area contributed by atoms with Crippen molar-refractivity contribution in [2.24, 2.45) is 5.92 Å². The van der Waals surface area contributed by atoms with Crippen LogP contribution in [-0.2, 0) is 16.1 Å². The molecule has 148 valence electrons. The van der Waals surface area contributed by atoms with Crippen LogP contribution in [0.15, 0.2) is 42.5 Å². The van der Waals surface area contributed by atoms with Crippen LogP contribution >= 0.6 is 11.6 Å². The average molecular weight is 403 g/mol. The maximum Gasteiger partial charge on any atom is 0.228 e. The summed E-state index contributed by atoms with van der Waals surface area (Å²) < 4.78 is 10.6. The molecule has 1 heterocycles. The molecule has 1 saturated heterocycles. The standard InChI is InChI=1S/C21H23ClN2O4/c1-23(12-14-6-4-5-7-17(14)22)21(26)15-10-20(25)24(13-15)18-11-16(27-2)8-9-19(18)28-3/h4-9,11,15H,10,12-13H2,1-3H3. The molecule has 2 aromatic carbocycles. The molecule has 0 aliphatic carbocycles. The minimum Gasteiger partial charge on any atom is -0.497 e. The number of nitrogens with zero attached hydrogens (tertiary/aromatic N) is 2. The fraction of sp³-hybridized carbons (Fsp3) is 0.333. The predicted molar refractivity (Wildman–Crippen MR) is 108 cm³/mol. The van der Waals surface area contributed by atoms with Crippen LogP contribution < -0.4 is 14.4 Å². The molecule has 1 atom stereocenters. The van der Waals surface area contributed by atoms with Crippen molar-refractivity contribution in [3.63, 3.8) is 0 Å². The summed E-state index contributed by atoms with van der Waals surface area (Å²) in [6.07, 6.45) is 0.159. The zero-order valence-corrected chi connectivity index (χ0v) is 16.9. The van der Waals surface area contributed by atoms with Crippen LogP contribution in [0, 0.1) is 5.92 Å². The Labute approximate surface area is 169 Å². The van der Waals surface area contributed by atoms with Crippen molar-refractivity contribution < 1.29 is 19.1 Å². The van der Waals surface area contributed by atoms with E-state index in [1.54, 1.807) is 55.3 Å². The molecule has 7 heteroatoms. The van der Waals surface area contributed by atoms with Crippen molar-refractivity contribution in [1.82, 2.24) is 4.90 Å². The Hall–Kier alpha value is -2.73. The van der Waals surface area contributed by atoms with E-state index in [0.717, 1.165) is 5.56 Å². The molecule has 0 N–H and O–H groups in total. The van der Waals surface area contributed by atoms with E-state index in [9.17, 15) is 9.59 Å². The number of rotatable bonds is 6. The third-order valence-corrected chi connectivity index (χ3v) is 5.26. The second-order valence-corrected chi connectivity index (χ2v) is 7.14. The van der Waals surface area contributed by atoms with Gasteiger partial charge in [-0.1, -0.05) is 29.8 Å². The first kappa shape index (κ1) is 20.0. The molecule has 28 heavy (non-hydrogen) atoms. The Morgan fingerprint density at radius 3 is 2.64 bits per heavy atom. The molecule has 0 aromatic heterocycles. The zero-order chi connectivity index (χ0) is 20.3. The molecule has 1 aliphatic heterocycles. The molecule has 1 aliphatic rings. The molecule has 2 aromatic rings. The molecule has 0 saturated carbocycles. The lowest BCUT2D eigenvalue weighted by atomic mass is 10.1. The van der Waals surface area contributed by atoms with Gasteiger partial charge in [-0.25, -0.2) is 0 Å². The molecular weight excluding hydrogens is 380 g/mol. The van der Waals surface area contributed by atoms with Crippen LogP contribution in [0.5, 0.6) is 11.5 Å². The van der Waals surface area contributed by atoms with Gasteiger partial charge in [-0.2, -0.15) is 0 Å². The van der Waals surface area contributed by atoms with Crippen LogP contribution in [0.4, 0.5) is 5.69 Å². The van der Waals surface area contributed by atoms with E-state index in [4.69, 9.17) is 21.1 Å². The molecule has 1 unspecified atom stereocenters. The summed E-state index contributed by atoms with van der Waals surface area (Å²) in [7, 11) is 4.84. The van der Waals surface area contributed by atoms with Crippen molar-refractivity contribution in [3.05, 3.63) is 53.1 Å². The number of methoxy groups -OCH3 is 2. The van der Waals surface area contributed by atoms with Crippen molar-refractivity contribution in [1.29, 1.82) is 0 Å². The average Bonchev–Trinajstić information content (AvgIpc) is 3.09. The van der Waals surface area contributed by atoms with Crippen molar-refractivity contribution in [3.8, 4) is 11.5 Å². The summed E-state index contributed by atoms with van der Waals surface area (Å²) in [6.45, 7) is 0.694. The largest absolute Gasteiger partial charge is 0.497 e. The Balaban J connectivity index is 1.75. The number of benzene rings is 2. The number of amides is 2. The van der Waals surface area contributed by atoms with E-state index < -0.39 is 5.92 Å². The van der Waals surface area contributed by atoms with E-state index in [0.29, 0.717) is 35.3 Å². The van der Waals surface area contributed by atoms with Crippen molar-refractivity contribution >= 4 is 29.1 Å². The number of anilines is 1. The molecule has 3 rings (SSSR count). The summed E-state index contributed by atoms with van der Waals surface area (Å²) in [5.41, 5.74) is 1.48. The van der Waals surface area contributed by atoms with E-state index >= 15 is 0 Å². The summed E-state index contributed by atoms with van der Waals surface area (Å²) in [5, 5.41) is 0.618. The van der Waals surface area contributed by atoms with Crippen molar-refractivity contribution in [2.45, 2.75) is 13.0 Å². The fourth-order valence-corrected chi connectivity index (χ4v) is 3.58. The fourth-order valence-electron chi connectivity index (χ4n) is 3.39. The number of hydrogen-bond acceptors (Lipinski definition) is 4. The van der Waals surface area contributed by atoms with Gasteiger partial charge in [0.2, 0.25) is 11.8 Å². The first-order chi connectivity index (χ1) is 13.4. The lowest BCUT2D eigenvalue weighted by Gasteiger charge is -2.23. The monoisotopic (exact) mass is 402 g/mol. The maximum atomic E-state index is 12.9. The molecular formula is C21H23ClN2O4. The lowest BCUT2D eigenvalue weighted by molar-refractivity contribution is -0.135. The molecule has 0 radical (unpaired) electrons. The lowest BCUT2D eigenvalue weighted by Crippen LogP contribution is -2.34. The van der Waals surface area contributed by atoms with Gasteiger partial charge in [-0.3, -0.25) is 9.59 Å². The first-order valence-corrected chi connectivity index (χ1v) is 9.33. The minimum absolute atomic E-state index is 0.0855. The Morgan fingerprint density at radius 1 is 1.21 bits per heavy atom. The summed E-state index contributed by atoms with van der Waals surface area (Å²) in [6, 6.07) is 12.7. The quantitative estimate of drug-likeness (QED) is 0.743. The van der Waals surface area contributed by atoms with Crippen molar-refractivity contribution in [2.75, 3.05) is 32.7 Å². The third kappa shape index (κ3) is 4.07. The SMILES string of the molecule is COc1ccc(OC)c(N2CC(C(=O)N(C)Cc3ccccc3Cl)CC2=O)c1. The molecule has 6 nitrogen and oxygen atoms in total. The number of hydrogen-bond donors (Lipinski definition) is 0. The number of halogens is 1. The maximum absolute atomic E-state index is 12.9. The normalized spacial score (nSPS) is 16.2. The molecule has 0 spiro atoms. The smallest absolute Gasteiger partial charge is 0.228 e. The van der Waals surface area contributed by atoms with Crippen LogP contribution in [0.25, 0.3) is 0 Å². The summed E-state index contributed by atoms with van der Waals surface area (Å²) in [5.74, 6) is 0.561.